The molecule has 116 valence electrons. The molecule has 0 saturated carbocycles. The van der Waals surface area contributed by atoms with E-state index < -0.39 is 11.7 Å². The molecular formula is C15H20F3N3. The average molecular weight is 299 g/mol. The molecule has 0 amide bonds. The summed E-state index contributed by atoms with van der Waals surface area (Å²) in [4.78, 5) is 2.27. The SMILES string of the molecule is CCN(CC)CCCNc1ccc(C(F)(F)F)c(C#N)c1. The van der Waals surface area contributed by atoms with Gasteiger partial charge in [0.1, 0.15) is 0 Å². The number of alkyl halides is 3. The molecule has 1 aromatic carbocycles. The standard InChI is InChI=1S/C15H20F3N3/c1-3-21(4-2)9-5-8-20-13-6-7-14(15(16,17)18)12(10-13)11-19/h6-7,10,20H,3-5,8-9H2,1-2H3. The van der Waals surface area contributed by atoms with Crippen LogP contribution in [-0.2, 0) is 6.18 Å². The van der Waals surface area contributed by atoms with Gasteiger partial charge in [-0.1, -0.05) is 13.8 Å². The summed E-state index contributed by atoms with van der Waals surface area (Å²) in [5.41, 5.74) is -0.700. The van der Waals surface area contributed by atoms with Crippen molar-refractivity contribution in [2.75, 3.05) is 31.5 Å². The lowest BCUT2D eigenvalue weighted by Gasteiger charge is -2.18. The summed E-state index contributed by atoms with van der Waals surface area (Å²) < 4.78 is 38.0. The zero-order valence-corrected chi connectivity index (χ0v) is 12.3. The molecule has 1 rings (SSSR count). The number of halogens is 3. The number of nitriles is 1. The largest absolute Gasteiger partial charge is 0.417 e. The van der Waals surface area contributed by atoms with Gasteiger partial charge in [0.25, 0.3) is 0 Å². The van der Waals surface area contributed by atoms with Crippen molar-refractivity contribution in [3.8, 4) is 6.07 Å². The molecule has 1 aromatic rings. The zero-order valence-electron chi connectivity index (χ0n) is 12.3. The summed E-state index contributed by atoms with van der Waals surface area (Å²) in [6.07, 6.45) is -3.60. The van der Waals surface area contributed by atoms with Crippen molar-refractivity contribution in [1.82, 2.24) is 4.90 Å². The molecule has 0 saturated heterocycles. The molecule has 0 bridgehead atoms. The number of hydrogen-bond donors (Lipinski definition) is 1. The van der Waals surface area contributed by atoms with E-state index in [9.17, 15) is 13.2 Å². The van der Waals surface area contributed by atoms with Crippen molar-refractivity contribution in [3.63, 3.8) is 0 Å². The first-order valence-electron chi connectivity index (χ1n) is 7.00. The van der Waals surface area contributed by atoms with Crippen LogP contribution < -0.4 is 5.32 Å². The van der Waals surface area contributed by atoms with Crippen molar-refractivity contribution in [2.45, 2.75) is 26.4 Å². The van der Waals surface area contributed by atoms with E-state index in [0.717, 1.165) is 32.1 Å². The number of anilines is 1. The van der Waals surface area contributed by atoms with Gasteiger partial charge in [-0.15, -0.1) is 0 Å². The summed E-state index contributed by atoms with van der Waals surface area (Å²) in [5.74, 6) is 0. The van der Waals surface area contributed by atoms with Gasteiger partial charge in [-0.3, -0.25) is 0 Å². The molecular weight excluding hydrogens is 279 g/mol. The maximum absolute atomic E-state index is 12.7. The summed E-state index contributed by atoms with van der Waals surface area (Å²) in [7, 11) is 0. The summed E-state index contributed by atoms with van der Waals surface area (Å²) in [6, 6.07) is 5.16. The highest BCUT2D eigenvalue weighted by Crippen LogP contribution is 2.32. The fourth-order valence-corrected chi connectivity index (χ4v) is 2.07. The average Bonchev–Trinajstić information content (AvgIpc) is 2.46. The second-order valence-electron chi connectivity index (χ2n) is 4.68. The monoisotopic (exact) mass is 299 g/mol. The van der Waals surface area contributed by atoms with Crippen molar-refractivity contribution >= 4 is 5.69 Å². The van der Waals surface area contributed by atoms with Crippen LogP contribution in [0.2, 0.25) is 0 Å². The Labute approximate surface area is 123 Å². The van der Waals surface area contributed by atoms with Gasteiger partial charge in [0.15, 0.2) is 0 Å². The van der Waals surface area contributed by atoms with Crippen LogP contribution in [0.3, 0.4) is 0 Å². The lowest BCUT2D eigenvalue weighted by molar-refractivity contribution is -0.137. The Morgan fingerprint density at radius 1 is 1.24 bits per heavy atom. The van der Waals surface area contributed by atoms with E-state index in [-0.39, 0.29) is 5.56 Å². The molecule has 0 aromatic heterocycles. The minimum Gasteiger partial charge on any atom is -0.385 e. The van der Waals surface area contributed by atoms with Gasteiger partial charge in [-0.05, 0) is 44.3 Å². The molecule has 0 unspecified atom stereocenters. The highest BCUT2D eigenvalue weighted by molar-refractivity contribution is 5.53. The molecule has 1 N–H and O–H groups in total. The Hall–Kier alpha value is -1.74. The second-order valence-corrected chi connectivity index (χ2v) is 4.68. The van der Waals surface area contributed by atoms with Crippen LogP contribution in [-0.4, -0.2) is 31.1 Å². The smallest absolute Gasteiger partial charge is 0.385 e. The Morgan fingerprint density at radius 2 is 1.90 bits per heavy atom. The lowest BCUT2D eigenvalue weighted by atomic mass is 10.1. The Kier molecular flexibility index (Phi) is 6.50. The first-order valence-corrected chi connectivity index (χ1v) is 7.00. The molecule has 3 nitrogen and oxygen atoms in total. The quantitative estimate of drug-likeness (QED) is 0.780. The van der Waals surface area contributed by atoms with E-state index in [0.29, 0.717) is 12.2 Å². The predicted octanol–water partition coefficient (Wildman–Crippen LogP) is 3.72. The molecule has 0 aliphatic carbocycles. The Balaban J connectivity index is 2.60. The van der Waals surface area contributed by atoms with Crippen LogP contribution in [0.15, 0.2) is 18.2 Å². The molecule has 21 heavy (non-hydrogen) atoms. The molecule has 0 heterocycles. The van der Waals surface area contributed by atoms with Gasteiger partial charge in [-0.25, -0.2) is 0 Å². The van der Waals surface area contributed by atoms with Gasteiger partial charge in [0.05, 0.1) is 17.2 Å². The van der Waals surface area contributed by atoms with E-state index in [1.807, 2.05) is 0 Å². The topological polar surface area (TPSA) is 39.1 Å². The zero-order chi connectivity index (χ0) is 15.9. The molecule has 0 spiro atoms. The van der Waals surface area contributed by atoms with Crippen molar-refractivity contribution in [3.05, 3.63) is 29.3 Å². The lowest BCUT2D eigenvalue weighted by Crippen LogP contribution is -2.25. The van der Waals surface area contributed by atoms with Crippen LogP contribution in [0.5, 0.6) is 0 Å². The Morgan fingerprint density at radius 3 is 2.43 bits per heavy atom. The predicted molar refractivity (Wildman–Crippen MR) is 77.1 cm³/mol. The first kappa shape index (κ1) is 17.3. The summed E-state index contributed by atoms with van der Waals surface area (Å²) >= 11 is 0. The molecule has 0 fully saturated rings. The van der Waals surface area contributed by atoms with Gasteiger partial charge in [0, 0.05) is 12.2 Å². The molecule has 0 radical (unpaired) electrons. The van der Waals surface area contributed by atoms with Crippen LogP contribution in [0.1, 0.15) is 31.4 Å². The molecule has 0 aliphatic rings. The third-order valence-electron chi connectivity index (χ3n) is 3.32. The van der Waals surface area contributed by atoms with E-state index in [4.69, 9.17) is 5.26 Å². The maximum atomic E-state index is 12.7. The van der Waals surface area contributed by atoms with Gasteiger partial charge < -0.3 is 10.2 Å². The fourth-order valence-electron chi connectivity index (χ4n) is 2.07. The van der Waals surface area contributed by atoms with Crippen LogP contribution in [0, 0.1) is 11.3 Å². The highest BCUT2D eigenvalue weighted by Gasteiger charge is 2.33. The number of benzene rings is 1. The van der Waals surface area contributed by atoms with Crippen molar-refractivity contribution in [1.29, 1.82) is 5.26 Å². The number of hydrogen-bond acceptors (Lipinski definition) is 3. The summed E-state index contributed by atoms with van der Waals surface area (Å²) in [5, 5.41) is 11.9. The first-order chi connectivity index (χ1) is 9.92. The van der Waals surface area contributed by atoms with E-state index >= 15 is 0 Å². The van der Waals surface area contributed by atoms with Crippen LogP contribution >= 0.6 is 0 Å². The fraction of sp³-hybridized carbons (Fsp3) is 0.533. The van der Waals surface area contributed by atoms with Crippen LogP contribution in [0.4, 0.5) is 18.9 Å². The van der Waals surface area contributed by atoms with Crippen molar-refractivity contribution in [2.24, 2.45) is 0 Å². The number of rotatable bonds is 7. The van der Waals surface area contributed by atoms with Gasteiger partial charge >= 0.3 is 6.18 Å². The maximum Gasteiger partial charge on any atom is 0.417 e. The highest BCUT2D eigenvalue weighted by atomic mass is 19.4. The van der Waals surface area contributed by atoms with Crippen LogP contribution in [0.25, 0.3) is 0 Å². The second kappa shape index (κ2) is 7.89. The molecule has 6 heteroatoms. The molecule has 0 atom stereocenters. The van der Waals surface area contributed by atoms with E-state index in [1.54, 1.807) is 6.07 Å². The minimum absolute atomic E-state index is 0.351. The number of nitrogens with one attached hydrogen (secondary N) is 1. The third kappa shape index (κ3) is 5.27. The van der Waals surface area contributed by atoms with Crippen molar-refractivity contribution < 1.29 is 13.2 Å². The van der Waals surface area contributed by atoms with Gasteiger partial charge in [-0.2, -0.15) is 18.4 Å². The minimum atomic E-state index is -4.49. The normalized spacial score (nSPS) is 11.5. The number of nitrogens with zero attached hydrogens (tertiary/aromatic N) is 2. The third-order valence-corrected chi connectivity index (χ3v) is 3.32. The summed E-state index contributed by atoms with van der Waals surface area (Å²) in [6.45, 7) is 7.74. The van der Waals surface area contributed by atoms with Gasteiger partial charge in [0.2, 0.25) is 0 Å². The van der Waals surface area contributed by atoms with E-state index in [1.165, 1.54) is 12.1 Å². The Bertz CT molecular complexity index is 488. The molecule has 0 aliphatic heterocycles. The van der Waals surface area contributed by atoms with E-state index in [2.05, 4.69) is 24.1 Å².